The van der Waals surface area contributed by atoms with E-state index in [2.05, 4.69) is 43.4 Å². The van der Waals surface area contributed by atoms with Gasteiger partial charge in [0.15, 0.2) is 0 Å². The summed E-state index contributed by atoms with van der Waals surface area (Å²) in [5.41, 5.74) is 1.29. The Labute approximate surface area is 114 Å². The number of hydrogen-bond donors (Lipinski definition) is 1. The highest BCUT2D eigenvalue weighted by Gasteiger charge is 2.07. The van der Waals surface area contributed by atoms with E-state index in [0.717, 1.165) is 17.4 Å². The first-order chi connectivity index (χ1) is 8.00. The van der Waals surface area contributed by atoms with E-state index in [-0.39, 0.29) is 0 Å². The van der Waals surface area contributed by atoms with Crippen LogP contribution in [0.4, 0.5) is 0 Å². The number of thiophene rings is 1. The van der Waals surface area contributed by atoms with Gasteiger partial charge in [-0.05, 0) is 64.3 Å². The van der Waals surface area contributed by atoms with Crippen molar-refractivity contribution in [2.75, 3.05) is 20.1 Å². The molecule has 1 unspecified atom stereocenters. The van der Waals surface area contributed by atoms with Crippen LogP contribution in [0.1, 0.15) is 38.8 Å². The number of rotatable bonds is 7. The van der Waals surface area contributed by atoms with Gasteiger partial charge in [0.05, 0.1) is 4.34 Å². The summed E-state index contributed by atoms with van der Waals surface area (Å²) in [4.78, 5) is 2.37. The van der Waals surface area contributed by atoms with Gasteiger partial charge in [0.25, 0.3) is 0 Å². The molecule has 1 aromatic rings. The summed E-state index contributed by atoms with van der Waals surface area (Å²) < 4.78 is 0.869. The lowest BCUT2D eigenvalue weighted by Gasteiger charge is -2.21. The van der Waals surface area contributed by atoms with Crippen LogP contribution in [0.15, 0.2) is 11.4 Å². The summed E-state index contributed by atoms with van der Waals surface area (Å²) in [6.07, 6.45) is 1.18. The Hall–Kier alpha value is -0.0900. The van der Waals surface area contributed by atoms with Gasteiger partial charge in [-0.3, -0.25) is 0 Å². The summed E-state index contributed by atoms with van der Waals surface area (Å²) in [6, 6.07) is 3.07. The van der Waals surface area contributed by atoms with Gasteiger partial charge >= 0.3 is 0 Å². The average Bonchev–Trinajstić information content (AvgIpc) is 2.70. The zero-order valence-corrected chi connectivity index (χ0v) is 12.7. The molecule has 2 nitrogen and oxygen atoms in total. The Morgan fingerprint density at radius 2 is 2.12 bits per heavy atom. The molecule has 1 heterocycles. The molecule has 0 saturated heterocycles. The fraction of sp³-hybridized carbons (Fsp3) is 0.692. The maximum atomic E-state index is 5.93. The third kappa shape index (κ3) is 5.38. The topological polar surface area (TPSA) is 15.3 Å². The molecule has 0 aliphatic heterocycles. The van der Waals surface area contributed by atoms with Crippen molar-refractivity contribution in [2.45, 2.75) is 39.3 Å². The van der Waals surface area contributed by atoms with Gasteiger partial charge in [-0.1, -0.05) is 11.6 Å². The minimum absolute atomic E-state index is 0.392. The fourth-order valence-corrected chi connectivity index (χ4v) is 2.56. The van der Waals surface area contributed by atoms with Crippen molar-refractivity contribution in [3.8, 4) is 0 Å². The lowest BCUT2D eigenvalue weighted by molar-refractivity contribution is 0.268. The lowest BCUT2D eigenvalue weighted by Crippen LogP contribution is -2.30. The quantitative estimate of drug-likeness (QED) is 0.761. The molecule has 0 radical (unpaired) electrons. The van der Waals surface area contributed by atoms with Gasteiger partial charge in [0.1, 0.15) is 0 Å². The second-order valence-corrected chi connectivity index (χ2v) is 6.33. The summed E-state index contributed by atoms with van der Waals surface area (Å²) in [5, 5.41) is 5.65. The molecule has 0 aliphatic carbocycles. The number of halogens is 1. The van der Waals surface area contributed by atoms with E-state index < -0.39 is 0 Å². The van der Waals surface area contributed by atoms with Crippen LogP contribution in [0.3, 0.4) is 0 Å². The van der Waals surface area contributed by atoms with Crippen molar-refractivity contribution in [3.05, 3.63) is 21.3 Å². The Morgan fingerprint density at radius 1 is 1.41 bits per heavy atom. The maximum Gasteiger partial charge on any atom is 0.0931 e. The third-order valence-electron chi connectivity index (χ3n) is 3.11. The first-order valence-electron chi connectivity index (χ1n) is 6.18. The summed E-state index contributed by atoms with van der Waals surface area (Å²) >= 11 is 7.52. The number of hydrogen-bond acceptors (Lipinski definition) is 3. The van der Waals surface area contributed by atoms with E-state index in [1.165, 1.54) is 12.0 Å². The molecule has 0 spiro atoms. The van der Waals surface area contributed by atoms with Crippen molar-refractivity contribution in [3.63, 3.8) is 0 Å². The predicted octanol–water partition coefficient (Wildman–Crippen LogP) is 3.78. The molecule has 1 N–H and O–H groups in total. The van der Waals surface area contributed by atoms with Gasteiger partial charge < -0.3 is 10.2 Å². The Morgan fingerprint density at radius 3 is 2.65 bits per heavy atom. The van der Waals surface area contributed by atoms with E-state index in [0.29, 0.717) is 12.1 Å². The van der Waals surface area contributed by atoms with Gasteiger partial charge in [-0.2, -0.15) is 0 Å². The van der Waals surface area contributed by atoms with Crippen LogP contribution < -0.4 is 5.32 Å². The molecule has 1 atom stereocenters. The fourth-order valence-electron chi connectivity index (χ4n) is 1.57. The van der Waals surface area contributed by atoms with Crippen LogP contribution in [-0.4, -0.2) is 31.1 Å². The van der Waals surface area contributed by atoms with Crippen LogP contribution in [0.2, 0.25) is 4.34 Å². The highest BCUT2D eigenvalue weighted by Crippen LogP contribution is 2.24. The molecule has 0 bridgehead atoms. The van der Waals surface area contributed by atoms with Gasteiger partial charge in [-0.25, -0.2) is 0 Å². The Balaban J connectivity index is 2.19. The highest BCUT2D eigenvalue weighted by molar-refractivity contribution is 7.14. The summed E-state index contributed by atoms with van der Waals surface area (Å²) in [7, 11) is 2.17. The van der Waals surface area contributed by atoms with Crippen molar-refractivity contribution >= 4 is 22.9 Å². The molecule has 0 aliphatic rings. The van der Waals surface area contributed by atoms with Crippen molar-refractivity contribution in [1.29, 1.82) is 0 Å². The molecule has 1 aromatic heterocycles. The zero-order chi connectivity index (χ0) is 12.8. The van der Waals surface area contributed by atoms with Crippen LogP contribution in [0.5, 0.6) is 0 Å². The summed E-state index contributed by atoms with van der Waals surface area (Å²) in [6.45, 7) is 8.82. The molecule has 98 valence electrons. The van der Waals surface area contributed by atoms with Crippen molar-refractivity contribution in [2.24, 2.45) is 0 Å². The number of nitrogens with one attached hydrogen (secondary N) is 1. The van der Waals surface area contributed by atoms with Gasteiger partial charge in [0, 0.05) is 12.1 Å². The Kier molecular flexibility index (Phi) is 6.49. The van der Waals surface area contributed by atoms with Crippen molar-refractivity contribution < 1.29 is 0 Å². The molecule has 1 rings (SSSR count). The van der Waals surface area contributed by atoms with Crippen LogP contribution >= 0.6 is 22.9 Å². The molecule has 4 heteroatoms. The molecule has 0 fully saturated rings. The smallest absolute Gasteiger partial charge is 0.0931 e. The SMILES string of the molecule is CC(NCCCN(C)C(C)C)c1csc(Cl)c1. The van der Waals surface area contributed by atoms with Gasteiger partial charge in [-0.15, -0.1) is 11.3 Å². The minimum Gasteiger partial charge on any atom is -0.310 e. The molecule has 0 saturated carbocycles. The largest absolute Gasteiger partial charge is 0.310 e. The normalized spacial score (nSPS) is 13.6. The van der Waals surface area contributed by atoms with E-state index >= 15 is 0 Å². The molecule has 17 heavy (non-hydrogen) atoms. The third-order valence-corrected chi connectivity index (χ3v) is 4.22. The molecular weight excluding hydrogens is 252 g/mol. The van der Waals surface area contributed by atoms with Crippen LogP contribution in [-0.2, 0) is 0 Å². The van der Waals surface area contributed by atoms with Gasteiger partial charge in [0.2, 0.25) is 0 Å². The van der Waals surface area contributed by atoms with Crippen molar-refractivity contribution in [1.82, 2.24) is 10.2 Å². The molecular formula is C13H23ClN2S. The first-order valence-corrected chi connectivity index (χ1v) is 7.44. The maximum absolute atomic E-state index is 5.93. The molecule has 0 aromatic carbocycles. The number of nitrogens with zero attached hydrogens (tertiary/aromatic N) is 1. The lowest BCUT2D eigenvalue weighted by atomic mass is 10.2. The first kappa shape index (κ1) is 15.0. The second-order valence-electron chi connectivity index (χ2n) is 4.79. The highest BCUT2D eigenvalue weighted by atomic mass is 35.5. The zero-order valence-electron chi connectivity index (χ0n) is 11.2. The Bertz CT molecular complexity index is 325. The minimum atomic E-state index is 0.392. The van der Waals surface area contributed by atoms with E-state index in [1.807, 2.05) is 6.07 Å². The average molecular weight is 275 g/mol. The standard InChI is InChI=1S/C13H23ClN2S/c1-10(2)16(4)7-5-6-15-11(3)12-8-13(14)17-9-12/h8-11,15H,5-7H2,1-4H3. The summed E-state index contributed by atoms with van der Waals surface area (Å²) in [5.74, 6) is 0. The van der Waals surface area contributed by atoms with E-state index in [4.69, 9.17) is 11.6 Å². The van der Waals surface area contributed by atoms with Crippen LogP contribution in [0, 0.1) is 0 Å². The monoisotopic (exact) mass is 274 g/mol. The van der Waals surface area contributed by atoms with E-state index in [1.54, 1.807) is 11.3 Å². The van der Waals surface area contributed by atoms with Crippen LogP contribution in [0.25, 0.3) is 0 Å². The predicted molar refractivity (Wildman–Crippen MR) is 78.1 cm³/mol. The van der Waals surface area contributed by atoms with E-state index in [9.17, 15) is 0 Å². The molecule has 0 amide bonds. The second kappa shape index (κ2) is 7.37.